The van der Waals surface area contributed by atoms with E-state index in [-0.39, 0.29) is 50.6 Å². The second-order valence-electron chi connectivity index (χ2n) is 16.8. The number of benzene rings is 2. The fraction of sp³-hybridized carbons (Fsp3) is 0.520. The standard InChI is InChI=1S/2C16H21NO.2C8H13NO.2CH4/c2*1-12(2)9-14-10-16(18)17(11-14)13(3)15-7-5-4-6-8-15;2*1-6(2)3-7-4-8(10)9-5-7;;/h4-9,13-14H,10-11H2,1-3H3;4-8,13-14H,1,9-11H2,2-3H3;3,7H,4-5H2,1-2H3,(H,9,10);7H,1,3-5H2,2H3,(H,9,10);2*1H4/t2*13-,14-;2*7-;;/m0000../s1. The van der Waals surface area contributed by atoms with Crippen LogP contribution in [0.25, 0.3) is 0 Å². The van der Waals surface area contributed by atoms with Crippen molar-refractivity contribution in [3.63, 3.8) is 0 Å². The first-order valence-corrected chi connectivity index (χ1v) is 20.3. The second-order valence-corrected chi connectivity index (χ2v) is 16.8. The highest BCUT2D eigenvalue weighted by atomic mass is 16.2. The van der Waals surface area contributed by atoms with Crippen LogP contribution in [0.15, 0.2) is 108 Å². The number of nitrogens with zero attached hydrogens (tertiary/aromatic N) is 2. The highest BCUT2D eigenvalue weighted by Crippen LogP contribution is 2.31. The van der Waals surface area contributed by atoms with Gasteiger partial charge in [-0.05, 0) is 91.2 Å². The Morgan fingerprint density at radius 2 is 1.03 bits per heavy atom. The minimum atomic E-state index is 0. The lowest BCUT2D eigenvalue weighted by Crippen LogP contribution is -2.28. The highest BCUT2D eigenvalue weighted by molar-refractivity contribution is 5.80. The molecule has 6 atom stereocenters. The lowest BCUT2D eigenvalue weighted by molar-refractivity contribution is -0.130. The van der Waals surface area contributed by atoms with Gasteiger partial charge < -0.3 is 20.4 Å². The van der Waals surface area contributed by atoms with Gasteiger partial charge in [-0.1, -0.05) is 110 Å². The summed E-state index contributed by atoms with van der Waals surface area (Å²) in [5.41, 5.74) is 7.34. The van der Waals surface area contributed by atoms with Crippen molar-refractivity contribution in [2.24, 2.45) is 23.7 Å². The molecule has 8 heteroatoms. The predicted molar refractivity (Wildman–Crippen MR) is 243 cm³/mol. The number of nitrogens with one attached hydrogen (secondary N) is 2. The number of hydrogen-bond donors (Lipinski definition) is 2. The van der Waals surface area contributed by atoms with E-state index in [1.807, 2.05) is 60.0 Å². The van der Waals surface area contributed by atoms with E-state index in [9.17, 15) is 19.2 Å². The quantitative estimate of drug-likeness (QED) is 0.234. The Bertz CT molecular complexity index is 1690. The molecule has 0 spiro atoms. The monoisotopic (exact) mass is 797 g/mol. The minimum absolute atomic E-state index is 0. The Hall–Kier alpha value is -4.72. The number of carbonyl (C=O) groups excluding carboxylic acids is 4. The summed E-state index contributed by atoms with van der Waals surface area (Å²) in [4.78, 5) is 49.5. The molecule has 0 saturated carbocycles. The third kappa shape index (κ3) is 17.8. The third-order valence-corrected chi connectivity index (χ3v) is 10.4. The number of hydrogen-bond acceptors (Lipinski definition) is 4. The molecule has 0 radical (unpaired) electrons. The Balaban J connectivity index is 0.000000396. The molecule has 4 saturated heterocycles. The van der Waals surface area contributed by atoms with Crippen molar-refractivity contribution in [3.05, 3.63) is 119 Å². The van der Waals surface area contributed by atoms with Gasteiger partial charge in [0, 0.05) is 63.7 Å². The molecule has 4 fully saturated rings. The maximum atomic E-state index is 12.1. The van der Waals surface area contributed by atoms with E-state index in [0.29, 0.717) is 49.4 Å². The molecule has 0 bridgehead atoms. The first-order chi connectivity index (χ1) is 26.5. The number of amides is 4. The van der Waals surface area contributed by atoms with Crippen molar-refractivity contribution in [2.75, 3.05) is 26.2 Å². The van der Waals surface area contributed by atoms with E-state index in [1.54, 1.807) is 0 Å². The molecule has 4 aliphatic rings. The summed E-state index contributed by atoms with van der Waals surface area (Å²) >= 11 is 0. The van der Waals surface area contributed by atoms with Crippen LogP contribution in [0, 0.1) is 23.7 Å². The largest absolute Gasteiger partial charge is 0.356 e. The van der Waals surface area contributed by atoms with Crippen LogP contribution in [0.1, 0.15) is 132 Å². The molecule has 0 unspecified atom stereocenters. The number of carbonyl (C=O) groups is 4. The number of rotatable bonds is 10. The molecular formula is C50H76N4O4. The van der Waals surface area contributed by atoms with E-state index in [4.69, 9.17) is 0 Å². The third-order valence-electron chi connectivity index (χ3n) is 10.4. The van der Waals surface area contributed by atoms with E-state index < -0.39 is 0 Å². The van der Waals surface area contributed by atoms with Crippen molar-refractivity contribution < 1.29 is 19.2 Å². The van der Waals surface area contributed by atoms with Gasteiger partial charge in [0.2, 0.25) is 23.6 Å². The van der Waals surface area contributed by atoms with Gasteiger partial charge in [0.15, 0.2) is 0 Å². The molecule has 58 heavy (non-hydrogen) atoms. The van der Waals surface area contributed by atoms with Crippen LogP contribution in [0.4, 0.5) is 0 Å². The Morgan fingerprint density at radius 3 is 1.47 bits per heavy atom. The average molecular weight is 797 g/mol. The highest BCUT2D eigenvalue weighted by Gasteiger charge is 2.33. The molecule has 4 heterocycles. The van der Waals surface area contributed by atoms with Crippen LogP contribution in [0.2, 0.25) is 0 Å². The van der Waals surface area contributed by atoms with Gasteiger partial charge in [0.1, 0.15) is 0 Å². The maximum absolute atomic E-state index is 12.1. The van der Waals surface area contributed by atoms with Crippen LogP contribution in [0.3, 0.4) is 0 Å². The summed E-state index contributed by atoms with van der Waals surface area (Å²) in [6.07, 6.45) is 9.00. The first kappa shape index (κ1) is 51.3. The second kappa shape index (κ2) is 25.6. The first-order valence-electron chi connectivity index (χ1n) is 20.3. The van der Waals surface area contributed by atoms with Gasteiger partial charge >= 0.3 is 0 Å². The molecule has 4 amide bonds. The van der Waals surface area contributed by atoms with Gasteiger partial charge in [-0.3, -0.25) is 19.2 Å². The normalized spacial score (nSPS) is 21.4. The molecule has 8 nitrogen and oxygen atoms in total. The Morgan fingerprint density at radius 1 is 0.603 bits per heavy atom. The molecule has 4 aliphatic heterocycles. The van der Waals surface area contributed by atoms with Crippen LogP contribution in [0.5, 0.6) is 0 Å². The zero-order chi connectivity index (χ0) is 41.4. The van der Waals surface area contributed by atoms with Gasteiger partial charge in [-0.15, -0.1) is 13.2 Å². The summed E-state index contributed by atoms with van der Waals surface area (Å²) in [5, 5.41) is 5.59. The summed E-state index contributed by atoms with van der Waals surface area (Å²) in [6.45, 7) is 27.7. The van der Waals surface area contributed by atoms with Crippen molar-refractivity contribution in [1.82, 2.24) is 20.4 Å². The van der Waals surface area contributed by atoms with Crippen molar-refractivity contribution in [1.29, 1.82) is 0 Å². The van der Waals surface area contributed by atoms with E-state index in [2.05, 4.69) is 102 Å². The molecule has 2 aromatic rings. The average Bonchev–Trinajstić information content (AvgIpc) is 3.92. The molecule has 320 valence electrons. The van der Waals surface area contributed by atoms with Crippen LogP contribution in [-0.2, 0) is 19.2 Å². The Kier molecular flexibility index (Phi) is 22.6. The fourth-order valence-electron chi connectivity index (χ4n) is 7.87. The predicted octanol–water partition coefficient (Wildman–Crippen LogP) is 10.6. The molecule has 2 N–H and O–H groups in total. The van der Waals surface area contributed by atoms with Gasteiger partial charge in [-0.25, -0.2) is 0 Å². The van der Waals surface area contributed by atoms with E-state index in [1.165, 1.54) is 33.4 Å². The Labute approximate surface area is 352 Å². The summed E-state index contributed by atoms with van der Waals surface area (Å²) < 4.78 is 0. The molecule has 6 rings (SSSR count). The van der Waals surface area contributed by atoms with Gasteiger partial charge in [-0.2, -0.15) is 0 Å². The smallest absolute Gasteiger partial charge is 0.223 e. The minimum Gasteiger partial charge on any atom is -0.356 e. The van der Waals surface area contributed by atoms with Crippen LogP contribution >= 0.6 is 0 Å². The summed E-state index contributed by atoms with van der Waals surface area (Å²) in [6, 6.07) is 20.8. The SMILES string of the molecule is C.C.C=C(C)C[C@@H]1CNC(=O)C1.C=C(C)C[C@H]1CC(=O)N([C@@H](C)c2ccccc2)C1.CC(C)=C[C@@H]1CNC(=O)C1.CC(C)=C[C@H]1CC(=O)N([C@@H](C)c2ccccc2)C1. The van der Waals surface area contributed by atoms with Crippen molar-refractivity contribution in [2.45, 2.75) is 121 Å². The molecule has 2 aromatic carbocycles. The lowest BCUT2D eigenvalue weighted by Gasteiger charge is -2.25. The summed E-state index contributed by atoms with van der Waals surface area (Å²) in [5.74, 6) is 2.69. The zero-order valence-electron chi connectivity index (χ0n) is 35.4. The number of likely N-dealkylation sites (tertiary alicyclic amines) is 2. The van der Waals surface area contributed by atoms with Crippen LogP contribution < -0.4 is 10.6 Å². The lowest BCUT2D eigenvalue weighted by atomic mass is 10.0. The molecule has 0 aliphatic carbocycles. The van der Waals surface area contributed by atoms with Crippen molar-refractivity contribution in [3.8, 4) is 0 Å². The van der Waals surface area contributed by atoms with Crippen molar-refractivity contribution >= 4 is 23.6 Å². The molecule has 0 aromatic heterocycles. The van der Waals surface area contributed by atoms with Gasteiger partial charge in [0.05, 0.1) is 12.1 Å². The fourth-order valence-corrected chi connectivity index (χ4v) is 7.87. The number of allylic oxidation sites excluding steroid dienone is 4. The topological polar surface area (TPSA) is 98.8 Å². The zero-order valence-corrected chi connectivity index (χ0v) is 35.4. The van der Waals surface area contributed by atoms with E-state index >= 15 is 0 Å². The van der Waals surface area contributed by atoms with Crippen LogP contribution in [-0.4, -0.2) is 59.6 Å². The van der Waals surface area contributed by atoms with Gasteiger partial charge in [0.25, 0.3) is 0 Å². The van der Waals surface area contributed by atoms with E-state index in [0.717, 1.165) is 39.0 Å². The maximum Gasteiger partial charge on any atom is 0.223 e. The molecular weight excluding hydrogens is 721 g/mol. The summed E-state index contributed by atoms with van der Waals surface area (Å²) in [7, 11) is 0.